The number of hydrogen-bond acceptors (Lipinski definition) is 5. The van der Waals surface area contributed by atoms with Crippen LogP contribution in [0.5, 0.6) is 5.75 Å². The van der Waals surface area contributed by atoms with E-state index in [4.69, 9.17) is 9.84 Å². The van der Waals surface area contributed by atoms with Crippen molar-refractivity contribution in [2.45, 2.75) is 10.8 Å². The van der Waals surface area contributed by atoms with Gasteiger partial charge in [0.25, 0.3) is 10.0 Å². The minimum Gasteiger partial charge on any atom is -0.497 e. The van der Waals surface area contributed by atoms with Crippen LogP contribution < -0.4 is 9.46 Å². The third-order valence-electron chi connectivity index (χ3n) is 2.40. The van der Waals surface area contributed by atoms with Crippen molar-refractivity contribution in [2.24, 2.45) is 0 Å². The van der Waals surface area contributed by atoms with Gasteiger partial charge in [0, 0.05) is 10.6 Å². The van der Waals surface area contributed by atoms with Crippen LogP contribution in [0, 0.1) is 0 Å². The number of hydrogen-bond donors (Lipinski definition) is 2. The van der Waals surface area contributed by atoms with Crippen LogP contribution >= 0.6 is 11.3 Å². The van der Waals surface area contributed by atoms with Gasteiger partial charge in [-0.05, 0) is 36.4 Å². The summed E-state index contributed by atoms with van der Waals surface area (Å²) in [5.41, 5.74) is 0.458. The van der Waals surface area contributed by atoms with Crippen LogP contribution in [0.2, 0.25) is 0 Å². The molecule has 1 heterocycles. The second-order valence-electron chi connectivity index (χ2n) is 3.71. The maximum atomic E-state index is 12.1. The number of rotatable bonds is 5. The monoisotopic (exact) mass is 299 g/mol. The predicted octanol–water partition coefficient (Wildman–Crippen LogP) is 2.05. The molecule has 7 heteroatoms. The molecular formula is C12H13NO4S2. The first-order valence-corrected chi connectivity index (χ1v) is 7.71. The van der Waals surface area contributed by atoms with E-state index >= 15 is 0 Å². The molecule has 2 N–H and O–H groups in total. The molecule has 2 aromatic rings. The van der Waals surface area contributed by atoms with Crippen molar-refractivity contribution >= 4 is 27.0 Å². The van der Waals surface area contributed by atoms with Crippen LogP contribution in [0.4, 0.5) is 5.69 Å². The summed E-state index contributed by atoms with van der Waals surface area (Å²) < 4.78 is 31.8. The number of nitrogens with one attached hydrogen (secondary N) is 1. The lowest BCUT2D eigenvalue weighted by Gasteiger charge is -2.06. The molecule has 0 saturated heterocycles. The number of sulfonamides is 1. The highest BCUT2D eigenvalue weighted by atomic mass is 32.2. The summed E-state index contributed by atoms with van der Waals surface area (Å²) in [5, 5.41) is 8.95. The highest BCUT2D eigenvalue weighted by molar-refractivity contribution is 7.94. The Hall–Kier alpha value is -1.57. The van der Waals surface area contributed by atoms with E-state index < -0.39 is 10.0 Å². The zero-order valence-electron chi connectivity index (χ0n) is 10.2. The van der Waals surface area contributed by atoms with Crippen LogP contribution in [0.25, 0.3) is 0 Å². The molecule has 1 aromatic heterocycles. The van der Waals surface area contributed by atoms with Crippen LogP contribution in [0.15, 0.2) is 40.6 Å². The summed E-state index contributed by atoms with van der Waals surface area (Å²) in [7, 11) is -2.06. The number of methoxy groups -OCH3 is 1. The van der Waals surface area contributed by atoms with E-state index in [1.807, 2.05) is 0 Å². The van der Waals surface area contributed by atoms with Gasteiger partial charge in [-0.1, -0.05) is 0 Å². The number of thiophene rings is 1. The molecule has 0 spiro atoms. The summed E-state index contributed by atoms with van der Waals surface area (Å²) >= 11 is 1.04. The smallest absolute Gasteiger partial charge is 0.271 e. The quantitative estimate of drug-likeness (QED) is 0.886. The second-order valence-corrected chi connectivity index (χ2v) is 6.79. The van der Waals surface area contributed by atoms with E-state index in [2.05, 4.69) is 4.72 Å². The lowest BCUT2D eigenvalue weighted by Crippen LogP contribution is -2.11. The minimum atomic E-state index is -3.61. The second kappa shape index (κ2) is 5.60. The van der Waals surface area contributed by atoms with Crippen molar-refractivity contribution in [3.63, 3.8) is 0 Å². The Morgan fingerprint density at radius 1 is 1.21 bits per heavy atom. The summed E-state index contributed by atoms with van der Waals surface area (Å²) in [6.45, 7) is -0.164. The fourth-order valence-corrected chi connectivity index (χ4v) is 3.73. The molecule has 0 aliphatic heterocycles. The molecule has 1 aromatic carbocycles. The van der Waals surface area contributed by atoms with Gasteiger partial charge < -0.3 is 9.84 Å². The van der Waals surface area contributed by atoms with Crippen molar-refractivity contribution in [1.82, 2.24) is 0 Å². The lowest BCUT2D eigenvalue weighted by molar-refractivity contribution is 0.285. The average molecular weight is 299 g/mol. The van der Waals surface area contributed by atoms with Crippen LogP contribution in [-0.2, 0) is 16.6 Å². The van der Waals surface area contributed by atoms with E-state index in [-0.39, 0.29) is 10.8 Å². The molecule has 0 aliphatic rings. The summed E-state index contributed by atoms with van der Waals surface area (Å²) in [6, 6.07) is 9.65. The Morgan fingerprint density at radius 2 is 1.89 bits per heavy atom. The topological polar surface area (TPSA) is 75.6 Å². The first-order chi connectivity index (χ1) is 9.05. The van der Waals surface area contributed by atoms with Crippen molar-refractivity contribution in [3.8, 4) is 5.75 Å². The van der Waals surface area contributed by atoms with Crippen LogP contribution in [0.3, 0.4) is 0 Å². The molecule has 0 aliphatic carbocycles. The molecule has 0 unspecified atom stereocenters. The normalized spacial score (nSPS) is 11.3. The molecule has 5 nitrogen and oxygen atoms in total. The largest absolute Gasteiger partial charge is 0.497 e. The predicted molar refractivity (Wildman–Crippen MR) is 74.0 cm³/mol. The average Bonchev–Trinajstić information content (AvgIpc) is 2.89. The Morgan fingerprint density at radius 3 is 2.42 bits per heavy atom. The molecule has 0 saturated carbocycles. The Labute approximate surface area is 115 Å². The van der Waals surface area contributed by atoms with Gasteiger partial charge in [-0.15, -0.1) is 11.3 Å². The van der Waals surface area contributed by atoms with Gasteiger partial charge >= 0.3 is 0 Å². The van der Waals surface area contributed by atoms with Gasteiger partial charge in [0.15, 0.2) is 0 Å². The molecule has 0 fully saturated rings. The van der Waals surface area contributed by atoms with Gasteiger partial charge in [-0.2, -0.15) is 0 Å². The van der Waals surface area contributed by atoms with E-state index in [1.165, 1.54) is 6.07 Å². The Kier molecular flexibility index (Phi) is 4.08. The summed E-state index contributed by atoms with van der Waals surface area (Å²) in [5.74, 6) is 0.654. The zero-order valence-corrected chi connectivity index (χ0v) is 11.8. The highest BCUT2D eigenvalue weighted by Gasteiger charge is 2.16. The maximum absolute atomic E-state index is 12.1. The van der Waals surface area contributed by atoms with Crippen molar-refractivity contribution in [2.75, 3.05) is 11.8 Å². The molecule has 0 amide bonds. The van der Waals surface area contributed by atoms with Gasteiger partial charge in [0.2, 0.25) is 0 Å². The number of ether oxygens (including phenoxy) is 1. The summed E-state index contributed by atoms with van der Waals surface area (Å²) in [4.78, 5) is 0.607. The molecule has 102 valence electrons. The van der Waals surface area contributed by atoms with E-state index in [0.29, 0.717) is 16.3 Å². The molecule has 0 atom stereocenters. The molecule has 0 radical (unpaired) electrons. The molecule has 2 rings (SSSR count). The number of aliphatic hydroxyl groups is 1. The number of benzene rings is 1. The highest BCUT2D eigenvalue weighted by Crippen LogP contribution is 2.24. The molecule has 19 heavy (non-hydrogen) atoms. The van der Waals surface area contributed by atoms with Crippen molar-refractivity contribution < 1.29 is 18.3 Å². The fourth-order valence-electron chi connectivity index (χ4n) is 1.45. The van der Waals surface area contributed by atoms with Gasteiger partial charge in [0.1, 0.15) is 9.96 Å². The minimum absolute atomic E-state index is 0.164. The van der Waals surface area contributed by atoms with Crippen molar-refractivity contribution in [3.05, 3.63) is 41.3 Å². The first kappa shape index (κ1) is 13.9. The number of aliphatic hydroxyl groups excluding tert-OH is 1. The summed E-state index contributed by atoms with van der Waals surface area (Å²) in [6.07, 6.45) is 0. The van der Waals surface area contributed by atoms with E-state index in [9.17, 15) is 8.42 Å². The van der Waals surface area contributed by atoms with Gasteiger partial charge in [0.05, 0.1) is 13.7 Å². The fraction of sp³-hybridized carbons (Fsp3) is 0.167. The lowest BCUT2D eigenvalue weighted by atomic mass is 10.3. The van der Waals surface area contributed by atoms with Gasteiger partial charge in [-0.25, -0.2) is 8.42 Å². The first-order valence-electron chi connectivity index (χ1n) is 5.41. The van der Waals surface area contributed by atoms with Crippen LogP contribution in [-0.4, -0.2) is 20.6 Å². The Balaban J connectivity index is 2.20. The number of anilines is 1. The van der Waals surface area contributed by atoms with Gasteiger partial charge in [-0.3, -0.25) is 4.72 Å². The maximum Gasteiger partial charge on any atom is 0.271 e. The third-order valence-corrected chi connectivity index (χ3v) is 5.34. The van der Waals surface area contributed by atoms with E-state index in [1.54, 1.807) is 37.4 Å². The zero-order chi connectivity index (χ0) is 13.9. The molecular weight excluding hydrogens is 286 g/mol. The standard InChI is InChI=1S/C12H13NO4S2/c1-17-10-4-2-9(3-5-10)13-19(15,16)12-7-6-11(8-14)18-12/h2-7,13-14H,8H2,1H3. The SMILES string of the molecule is COc1ccc(NS(=O)(=O)c2ccc(CO)s2)cc1. The van der Waals surface area contributed by atoms with E-state index in [0.717, 1.165) is 11.3 Å². The van der Waals surface area contributed by atoms with Crippen molar-refractivity contribution in [1.29, 1.82) is 0 Å². The van der Waals surface area contributed by atoms with Crippen LogP contribution in [0.1, 0.15) is 4.88 Å². The molecule has 0 bridgehead atoms. The Bertz CT molecular complexity index is 647. The third kappa shape index (κ3) is 3.25.